The Kier molecular flexibility index (Phi) is 2.75. The summed E-state index contributed by atoms with van der Waals surface area (Å²) in [6.07, 6.45) is 10.6. The van der Waals surface area contributed by atoms with Gasteiger partial charge in [0.15, 0.2) is 0 Å². The number of carboxylic acids is 2. The van der Waals surface area contributed by atoms with Crippen molar-refractivity contribution in [3.63, 3.8) is 0 Å². The first-order valence-corrected chi connectivity index (χ1v) is 5.32. The van der Waals surface area contributed by atoms with E-state index in [-0.39, 0.29) is 12.8 Å². The molecule has 0 unspecified atom stereocenters. The van der Waals surface area contributed by atoms with Gasteiger partial charge in [0, 0.05) is 12.4 Å². The van der Waals surface area contributed by atoms with E-state index in [0.29, 0.717) is 0 Å². The van der Waals surface area contributed by atoms with Crippen molar-refractivity contribution >= 4 is 11.9 Å². The Morgan fingerprint density at radius 3 is 2.00 bits per heavy atom. The van der Waals surface area contributed by atoms with Crippen LogP contribution < -0.4 is 0 Å². The molecule has 0 radical (unpaired) electrons. The van der Waals surface area contributed by atoms with E-state index in [1.54, 1.807) is 41.6 Å². The molecule has 2 aliphatic rings. The highest BCUT2D eigenvalue weighted by Crippen LogP contribution is 2.43. The molecule has 1 fully saturated rings. The minimum absolute atomic E-state index is 0.131. The van der Waals surface area contributed by atoms with E-state index in [0.717, 1.165) is 0 Å². The number of carbonyl (C=O) groups is 2. The minimum Gasteiger partial charge on any atom is -0.481 e. The van der Waals surface area contributed by atoms with Crippen LogP contribution >= 0.6 is 0 Å². The zero-order valence-electron chi connectivity index (χ0n) is 9.11. The highest BCUT2D eigenvalue weighted by Gasteiger charge is 2.56. The number of rotatable bonds is 3. The summed E-state index contributed by atoms with van der Waals surface area (Å²) in [4.78, 5) is 23.7. The largest absolute Gasteiger partial charge is 0.481 e. The molecular weight excluding hydrogens is 222 g/mol. The summed E-state index contributed by atoms with van der Waals surface area (Å²) in [6.45, 7) is 0. The molecule has 0 atom stereocenters. The molecule has 17 heavy (non-hydrogen) atoms. The number of allylic oxidation sites excluding steroid dienone is 4. The van der Waals surface area contributed by atoms with E-state index in [9.17, 15) is 14.7 Å². The SMILES string of the molecule is O=C(O)C1CC(C(=O)O)(N2C=CC=CC=C2)C1. The molecular formula is C12H13NO4. The second kappa shape index (κ2) is 4.08. The van der Waals surface area contributed by atoms with Gasteiger partial charge in [0.25, 0.3) is 0 Å². The van der Waals surface area contributed by atoms with E-state index in [2.05, 4.69) is 0 Å². The van der Waals surface area contributed by atoms with Crippen LogP contribution in [0.3, 0.4) is 0 Å². The molecule has 2 rings (SSSR count). The Morgan fingerprint density at radius 1 is 1.06 bits per heavy atom. The fraction of sp³-hybridized carbons (Fsp3) is 0.333. The molecule has 0 aromatic rings. The van der Waals surface area contributed by atoms with Crippen LogP contribution in [-0.4, -0.2) is 32.6 Å². The molecule has 0 aromatic heterocycles. The van der Waals surface area contributed by atoms with Gasteiger partial charge in [-0.05, 0) is 25.0 Å². The minimum atomic E-state index is -1.11. The van der Waals surface area contributed by atoms with Gasteiger partial charge in [0.2, 0.25) is 0 Å². The topological polar surface area (TPSA) is 77.8 Å². The Bertz CT molecular complexity index is 414. The Labute approximate surface area is 98.3 Å². The van der Waals surface area contributed by atoms with E-state index in [4.69, 9.17) is 5.11 Å². The lowest BCUT2D eigenvalue weighted by Crippen LogP contribution is -2.60. The van der Waals surface area contributed by atoms with Gasteiger partial charge in [0.1, 0.15) is 5.54 Å². The van der Waals surface area contributed by atoms with Crippen LogP contribution in [0.2, 0.25) is 0 Å². The summed E-state index contributed by atoms with van der Waals surface area (Å²) >= 11 is 0. The molecule has 0 saturated heterocycles. The van der Waals surface area contributed by atoms with Crippen LogP contribution in [0.4, 0.5) is 0 Å². The van der Waals surface area contributed by atoms with Crippen LogP contribution in [0.15, 0.2) is 36.7 Å². The molecule has 2 N–H and O–H groups in total. The fourth-order valence-electron chi connectivity index (χ4n) is 2.17. The molecule has 90 valence electrons. The normalized spacial score (nSPS) is 30.8. The summed E-state index contributed by atoms with van der Waals surface area (Å²) in [6, 6.07) is 0. The van der Waals surface area contributed by atoms with E-state index in [1.165, 1.54) is 0 Å². The number of hydrogen-bond acceptors (Lipinski definition) is 3. The van der Waals surface area contributed by atoms with Gasteiger partial charge in [0.05, 0.1) is 5.92 Å². The van der Waals surface area contributed by atoms with Gasteiger partial charge in [-0.3, -0.25) is 4.79 Å². The van der Waals surface area contributed by atoms with Crippen molar-refractivity contribution in [2.24, 2.45) is 5.92 Å². The molecule has 1 saturated carbocycles. The second-order valence-electron chi connectivity index (χ2n) is 4.26. The molecule has 5 nitrogen and oxygen atoms in total. The smallest absolute Gasteiger partial charge is 0.329 e. The van der Waals surface area contributed by atoms with Crippen molar-refractivity contribution in [3.8, 4) is 0 Å². The molecule has 0 spiro atoms. The third-order valence-corrected chi connectivity index (χ3v) is 3.24. The lowest BCUT2D eigenvalue weighted by Gasteiger charge is -2.47. The Morgan fingerprint density at radius 2 is 1.59 bits per heavy atom. The molecule has 1 aliphatic carbocycles. The number of hydrogen-bond donors (Lipinski definition) is 2. The van der Waals surface area contributed by atoms with Crippen LogP contribution in [0.25, 0.3) is 0 Å². The summed E-state index contributed by atoms with van der Waals surface area (Å²) in [5, 5.41) is 18.1. The summed E-state index contributed by atoms with van der Waals surface area (Å²) < 4.78 is 0. The zero-order chi connectivity index (χ0) is 12.5. The molecule has 1 heterocycles. The number of aliphatic carboxylic acids is 2. The third-order valence-electron chi connectivity index (χ3n) is 3.24. The Hall–Kier alpha value is -2.04. The maximum Gasteiger partial charge on any atom is 0.329 e. The van der Waals surface area contributed by atoms with Crippen molar-refractivity contribution in [2.45, 2.75) is 18.4 Å². The average molecular weight is 235 g/mol. The van der Waals surface area contributed by atoms with Crippen LogP contribution in [-0.2, 0) is 9.59 Å². The number of nitrogens with zero attached hydrogens (tertiary/aromatic N) is 1. The van der Waals surface area contributed by atoms with Gasteiger partial charge in [-0.2, -0.15) is 0 Å². The molecule has 1 aliphatic heterocycles. The van der Waals surface area contributed by atoms with Gasteiger partial charge < -0.3 is 15.1 Å². The number of carboxylic acid groups (broad SMARTS) is 2. The van der Waals surface area contributed by atoms with Crippen LogP contribution in [0.1, 0.15) is 12.8 Å². The van der Waals surface area contributed by atoms with E-state index >= 15 is 0 Å². The van der Waals surface area contributed by atoms with Crippen LogP contribution in [0.5, 0.6) is 0 Å². The maximum absolute atomic E-state index is 11.4. The van der Waals surface area contributed by atoms with E-state index < -0.39 is 23.4 Å². The van der Waals surface area contributed by atoms with Gasteiger partial charge in [-0.25, -0.2) is 4.79 Å². The van der Waals surface area contributed by atoms with Crippen molar-refractivity contribution < 1.29 is 19.8 Å². The van der Waals surface area contributed by atoms with Crippen molar-refractivity contribution in [1.29, 1.82) is 0 Å². The highest BCUT2D eigenvalue weighted by atomic mass is 16.4. The highest BCUT2D eigenvalue weighted by molar-refractivity contribution is 5.85. The summed E-state index contributed by atoms with van der Waals surface area (Å²) in [5.41, 5.74) is -1.11. The third kappa shape index (κ3) is 1.84. The first kappa shape index (κ1) is 11.4. The fourth-order valence-corrected chi connectivity index (χ4v) is 2.17. The summed E-state index contributed by atoms with van der Waals surface area (Å²) in [5.74, 6) is -2.47. The molecule has 0 amide bonds. The molecule has 0 aromatic carbocycles. The lowest BCUT2D eigenvalue weighted by atomic mass is 9.67. The van der Waals surface area contributed by atoms with Crippen molar-refractivity contribution in [1.82, 2.24) is 4.90 Å². The quantitative estimate of drug-likeness (QED) is 0.768. The summed E-state index contributed by atoms with van der Waals surface area (Å²) in [7, 11) is 0. The molecule has 5 heteroatoms. The predicted molar refractivity (Wildman–Crippen MR) is 60.0 cm³/mol. The van der Waals surface area contributed by atoms with Crippen molar-refractivity contribution in [2.75, 3.05) is 0 Å². The predicted octanol–water partition coefficient (Wildman–Crippen LogP) is 1.20. The van der Waals surface area contributed by atoms with Gasteiger partial charge in [-0.1, -0.05) is 12.2 Å². The molecule has 0 bridgehead atoms. The standard InChI is InChI=1S/C12H13NO4/c14-10(15)9-7-12(8-9,11(16)17)13-5-3-1-2-4-6-13/h1-6,9H,7-8H2,(H,14,15)(H,16,17). The first-order chi connectivity index (χ1) is 8.06. The van der Waals surface area contributed by atoms with E-state index in [1.807, 2.05) is 0 Å². The maximum atomic E-state index is 11.4. The second-order valence-corrected chi connectivity index (χ2v) is 4.26. The Balaban J connectivity index is 2.20. The van der Waals surface area contributed by atoms with Crippen LogP contribution in [0, 0.1) is 5.92 Å². The van der Waals surface area contributed by atoms with Gasteiger partial charge in [-0.15, -0.1) is 0 Å². The van der Waals surface area contributed by atoms with Gasteiger partial charge >= 0.3 is 11.9 Å². The monoisotopic (exact) mass is 235 g/mol. The zero-order valence-corrected chi connectivity index (χ0v) is 9.11. The lowest BCUT2D eigenvalue weighted by molar-refractivity contribution is -0.164. The first-order valence-electron chi connectivity index (χ1n) is 5.32. The van der Waals surface area contributed by atoms with Crippen molar-refractivity contribution in [3.05, 3.63) is 36.7 Å². The average Bonchev–Trinajstić information content (AvgIpc) is 2.43.